The van der Waals surface area contributed by atoms with E-state index in [2.05, 4.69) is 47.3 Å². The van der Waals surface area contributed by atoms with Crippen LogP contribution in [-0.4, -0.2) is 56.2 Å². The van der Waals surface area contributed by atoms with E-state index < -0.39 is 0 Å². The summed E-state index contributed by atoms with van der Waals surface area (Å²) in [5, 5.41) is 3.84. The highest BCUT2D eigenvalue weighted by atomic mass is 16.5. The predicted molar refractivity (Wildman–Crippen MR) is 104 cm³/mol. The Hall–Kier alpha value is -1.10. The van der Waals surface area contributed by atoms with Crippen LogP contribution in [0.1, 0.15) is 56.2 Å². The zero-order valence-electron chi connectivity index (χ0n) is 16.3. The van der Waals surface area contributed by atoms with Crippen LogP contribution in [0.3, 0.4) is 0 Å². The largest absolute Gasteiger partial charge is 0.496 e. The Kier molecular flexibility index (Phi) is 6.74. The van der Waals surface area contributed by atoms with Gasteiger partial charge in [0, 0.05) is 24.2 Å². The zero-order chi connectivity index (χ0) is 17.6. The van der Waals surface area contributed by atoms with Crippen LogP contribution in [0.15, 0.2) is 18.2 Å². The van der Waals surface area contributed by atoms with E-state index in [9.17, 15) is 0 Å². The summed E-state index contributed by atoms with van der Waals surface area (Å²) in [7, 11) is 4.00. The molecule has 140 valence electrons. The maximum Gasteiger partial charge on any atom is 0.123 e. The molecule has 0 radical (unpaired) electrons. The summed E-state index contributed by atoms with van der Waals surface area (Å²) in [6.07, 6.45) is 6.53. The molecule has 2 aliphatic rings. The fourth-order valence-electron chi connectivity index (χ4n) is 4.17. The van der Waals surface area contributed by atoms with E-state index in [0.29, 0.717) is 12.1 Å². The minimum atomic E-state index is 0.388. The minimum Gasteiger partial charge on any atom is -0.496 e. The van der Waals surface area contributed by atoms with Gasteiger partial charge >= 0.3 is 0 Å². The number of piperidine rings is 2. The van der Waals surface area contributed by atoms with Crippen LogP contribution in [0.25, 0.3) is 0 Å². The molecule has 3 rings (SSSR count). The maximum absolute atomic E-state index is 5.63. The van der Waals surface area contributed by atoms with E-state index in [0.717, 1.165) is 12.3 Å². The number of hydrogen-bond acceptors (Lipinski definition) is 4. The lowest BCUT2D eigenvalue weighted by molar-refractivity contribution is 0.217. The molecule has 0 bridgehead atoms. The van der Waals surface area contributed by atoms with Gasteiger partial charge in [0.05, 0.1) is 7.11 Å². The molecule has 1 atom stereocenters. The van der Waals surface area contributed by atoms with Crippen LogP contribution in [0.2, 0.25) is 0 Å². The average molecular weight is 346 g/mol. The summed E-state index contributed by atoms with van der Waals surface area (Å²) in [5.74, 6) is 1.03. The zero-order valence-corrected chi connectivity index (χ0v) is 16.3. The van der Waals surface area contributed by atoms with Crippen LogP contribution in [0, 0.1) is 0 Å². The molecule has 0 spiro atoms. The SMILES string of the molecule is COc1ccc([C@H](C)NC2CCN(C)CC2)cc1CN1CCCCC1. The van der Waals surface area contributed by atoms with Gasteiger partial charge < -0.3 is 15.0 Å². The Morgan fingerprint density at radius 1 is 1.12 bits per heavy atom. The second kappa shape index (κ2) is 9.02. The fraction of sp³-hybridized carbons (Fsp3) is 0.714. The van der Waals surface area contributed by atoms with Gasteiger partial charge in [-0.1, -0.05) is 12.5 Å². The summed E-state index contributed by atoms with van der Waals surface area (Å²) in [6, 6.07) is 7.77. The molecule has 2 fully saturated rings. The van der Waals surface area contributed by atoms with E-state index >= 15 is 0 Å². The highest BCUT2D eigenvalue weighted by molar-refractivity contribution is 5.38. The van der Waals surface area contributed by atoms with Gasteiger partial charge in [-0.2, -0.15) is 0 Å². The van der Waals surface area contributed by atoms with Gasteiger partial charge in [0.15, 0.2) is 0 Å². The lowest BCUT2D eigenvalue weighted by Gasteiger charge is -2.32. The van der Waals surface area contributed by atoms with Crippen molar-refractivity contribution in [3.63, 3.8) is 0 Å². The summed E-state index contributed by atoms with van der Waals surface area (Å²) in [6.45, 7) is 8.15. The van der Waals surface area contributed by atoms with Crippen LogP contribution in [0.5, 0.6) is 5.75 Å². The van der Waals surface area contributed by atoms with Crippen molar-refractivity contribution in [1.29, 1.82) is 0 Å². The molecule has 25 heavy (non-hydrogen) atoms. The molecular weight excluding hydrogens is 310 g/mol. The van der Waals surface area contributed by atoms with Crippen molar-refractivity contribution >= 4 is 0 Å². The summed E-state index contributed by atoms with van der Waals surface area (Å²) >= 11 is 0. The smallest absolute Gasteiger partial charge is 0.123 e. The summed E-state index contributed by atoms with van der Waals surface area (Å²) < 4.78 is 5.63. The number of hydrogen-bond donors (Lipinski definition) is 1. The van der Waals surface area contributed by atoms with E-state index in [-0.39, 0.29) is 0 Å². The first-order valence-electron chi connectivity index (χ1n) is 9.99. The number of methoxy groups -OCH3 is 1. The van der Waals surface area contributed by atoms with E-state index in [1.54, 1.807) is 7.11 Å². The number of ether oxygens (including phenoxy) is 1. The molecule has 0 unspecified atom stereocenters. The first kappa shape index (κ1) is 18.7. The van der Waals surface area contributed by atoms with Crippen molar-refractivity contribution in [2.45, 2.75) is 57.7 Å². The second-order valence-electron chi connectivity index (χ2n) is 7.87. The molecule has 1 N–H and O–H groups in total. The second-order valence-corrected chi connectivity index (χ2v) is 7.87. The van der Waals surface area contributed by atoms with Crippen LogP contribution < -0.4 is 10.1 Å². The quantitative estimate of drug-likeness (QED) is 0.855. The number of nitrogens with zero attached hydrogens (tertiary/aromatic N) is 2. The number of benzene rings is 1. The lowest BCUT2D eigenvalue weighted by Crippen LogP contribution is -2.41. The monoisotopic (exact) mass is 345 g/mol. The molecule has 1 aromatic rings. The number of nitrogens with one attached hydrogen (secondary N) is 1. The number of likely N-dealkylation sites (tertiary alicyclic amines) is 2. The molecule has 4 heteroatoms. The van der Waals surface area contributed by atoms with Gasteiger partial charge in [0.25, 0.3) is 0 Å². The molecule has 0 saturated carbocycles. The molecular formula is C21H35N3O. The molecule has 2 saturated heterocycles. The Morgan fingerprint density at radius 2 is 1.84 bits per heavy atom. The van der Waals surface area contributed by atoms with Crippen molar-refractivity contribution in [2.75, 3.05) is 40.3 Å². The molecule has 2 aliphatic heterocycles. The van der Waals surface area contributed by atoms with E-state index in [1.807, 2.05) is 0 Å². The van der Waals surface area contributed by atoms with Crippen molar-refractivity contribution in [3.8, 4) is 5.75 Å². The Balaban J connectivity index is 1.65. The molecule has 0 amide bonds. The Bertz CT molecular complexity index is 534. The molecule has 0 aromatic heterocycles. The van der Waals surface area contributed by atoms with Gasteiger partial charge in [0.1, 0.15) is 5.75 Å². The summed E-state index contributed by atoms with van der Waals surface area (Å²) in [5.41, 5.74) is 2.71. The third-order valence-electron chi connectivity index (χ3n) is 5.85. The molecule has 2 heterocycles. The fourth-order valence-corrected chi connectivity index (χ4v) is 4.17. The first-order chi connectivity index (χ1) is 12.2. The summed E-state index contributed by atoms with van der Waals surface area (Å²) in [4.78, 5) is 4.99. The van der Waals surface area contributed by atoms with Crippen LogP contribution in [0.4, 0.5) is 0 Å². The minimum absolute atomic E-state index is 0.388. The van der Waals surface area contributed by atoms with Crippen LogP contribution >= 0.6 is 0 Å². The highest BCUT2D eigenvalue weighted by Crippen LogP contribution is 2.26. The predicted octanol–water partition coefficient (Wildman–Crippen LogP) is 3.43. The molecule has 4 nitrogen and oxygen atoms in total. The lowest BCUT2D eigenvalue weighted by atomic mass is 9.99. The normalized spacial score (nSPS) is 22.0. The van der Waals surface area contributed by atoms with E-state index in [1.165, 1.54) is 69.4 Å². The third-order valence-corrected chi connectivity index (χ3v) is 5.85. The van der Waals surface area contributed by atoms with Crippen LogP contribution in [-0.2, 0) is 6.54 Å². The first-order valence-corrected chi connectivity index (χ1v) is 9.99. The van der Waals surface area contributed by atoms with Gasteiger partial charge in [-0.15, -0.1) is 0 Å². The van der Waals surface area contributed by atoms with Crippen molar-refractivity contribution in [2.24, 2.45) is 0 Å². The van der Waals surface area contributed by atoms with Crippen molar-refractivity contribution in [1.82, 2.24) is 15.1 Å². The highest BCUT2D eigenvalue weighted by Gasteiger charge is 2.20. The number of rotatable bonds is 6. The third kappa shape index (κ3) is 5.19. The molecule has 1 aromatic carbocycles. The Morgan fingerprint density at radius 3 is 2.52 bits per heavy atom. The van der Waals surface area contributed by atoms with Gasteiger partial charge in [-0.25, -0.2) is 0 Å². The topological polar surface area (TPSA) is 27.7 Å². The maximum atomic E-state index is 5.63. The van der Waals surface area contributed by atoms with E-state index in [4.69, 9.17) is 4.74 Å². The van der Waals surface area contributed by atoms with Crippen molar-refractivity contribution < 1.29 is 4.74 Å². The van der Waals surface area contributed by atoms with Gasteiger partial charge in [0.2, 0.25) is 0 Å². The van der Waals surface area contributed by atoms with Crippen molar-refractivity contribution in [3.05, 3.63) is 29.3 Å². The average Bonchev–Trinajstić information content (AvgIpc) is 2.64. The van der Waals surface area contributed by atoms with Gasteiger partial charge in [-0.05, 0) is 83.5 Å². The standard InChI is InChI=1S/C21H35N3O/c1-17(22-20-9-13-23(2)14-10-20)18-7-8-21(25-3)19(15-18)16-24-11-5-4-6-12-24/h7-8,15,17,20,22H,4-6,9-14,16H2,1-3H3/t17-/m0/s1. The molecule has 0 aliphatic carbocycles. The Labute approximate surface area is 153 Å². The van der Waals surface area contributed by atoms with Gasteiger partial charge in [-0.3, -0.25) is 4.90 Å².